The molecule has 0 saturated carbocycles. The van der Waals surface area contributed by atoms with Crippen LogP contribution in [0.15, 0.2) is 24.4 Å². The van der Waals surface area contributed by atoms with Gasteiger partial charge in [0.2, 0.25) is 0 Å². The third kappa shape index (κ3) is 4.19. The molecule has 0 bridgehead atoms. The van der Waals surface area contributed by atoms with E-state index in [0.717, 1.165) is 18.7 Å². The summed E-state index contributed by atoms with van der Waals surface area (Å²) in [6.07, 6.45) is 2.57. The molecule has 5 heteroatoms. The van der Waals surface area contributed by atoms with E-state index < -0.39 is 5.60 Å². The van der Waals surface area contributed by atoms with Gasteiger partial charge in [-0.15, -0.1) is 0 Å². The van der Waals surface area contributed by atoms with Crippen LogP contribution in [-0.4, -0.2) is 52.7 Å². The van der Waals surface area contributed by atoms with Gasteiger partial charge in [0.1, 0.15) is 5.60 Å². The largest absolute Gasteiger partial charge is 0.444 e. The standard InChI is InChI=1S/C17H27N3O2/c1-13(15-8-6-7-10-18-15)19(5)14-9-11-20(12-14)16(21)22-17(2,3)4/h6-8,10,13-14H,9,11-12H2,1-5H3/t13-,14+/m1/s1. The van der Waals surface area contributed by atoms with Crippen LogP contribution >= 0.6 is 0 Å². The molecule has 2 atom stereocenters. The van der Waals surface area contributed by atoms with Crippen molar-refractivity contribution in [1.82, 2.24) is 14.8 Å². The van der Waals surface area contributed by atoms with E-state index in [9.17, 15) is 4.79 Å². The fourth-order valence-corrected chi connectivity index (χ4v) is 2.71. The van der Waals surface area contributed by atoms with Crippen molar-refractivity contribution in [2.75, 3.05) is 20.1 Å². The SMILES string of the molecule is C[C@H](c1ccccn1)N(C)[C@H]1CCN(C(=O)OC(C)(C)C)C1. The minimum atomic E-state index is -0.442. The Morgan fingerprint density at radius 2 is 2.18 bits per heavy atom. The summed E-state index contributed by atoms with van der Waals surface area (Å²) in [7, 11) is 2.10. The predicted molar refractivity (Wildman–Crippen MR) is 86.6 cm³/mol. The normalized spacial score (nSPS) is 20.3. The highest BCUT2D eigenvalue weighted by Gasteiger charge is 2.33. The molecule has 0 N–H and O–H groups in total. The molecular weight excluding hydrogens is 278 g/mol. The minimum absolute atomic E-state index is 0.214. The van der Waals surface area contributed by atoms with Crippen LogP contribution in [0.25, 0.3) is 0 Å². The molecule has 0 unspecified atom stereocenters. The molecule has 1 aromatic heterocycles. The fraction of sp³-hybridized carbons (Fsp3) is 0.647. The number of rotatable bonds is 3. The number of carbonyl (C=O) groups excluding carboxylic acids is 1. The molecule has 1 aromatic rings. The predicted octanol–water partition coefficient (Wildman–Crippen LogP) is 3.08. The first kappa shape index (κ1) is 16.7. The molecular formula is C17H27N3O2. The van der Waals surface area contributed by atoms with Crippen LogP contribution in [0.3, 0.4) is 0 Å². The maximum absolute atomic E-state index is 12.1. The van der Waals surface area contributed by atoms with E-state index in [-0.39, 0.29) is 12.1 Å². The van der Waals surface area contributed by atoms with Crippen LogP contribution in [0, 0.1) is 0 Å². The molecule has 1 amide bonds. The second kappa shape index (κ2) is 6.65. The van der Waals surface area contributed by atoms with E-state index in [0.29, 0.717) is 12.6 Å². The molecule has 1 aliphatic heterocycles. The van der Waals surface area contributed by atoms with Gasteiger partial charge in [-0.2, -0.15) is 0 Å². The monoisotopic (exact) mass is 305 g/mol. The molecule has 22 heavy (non-hydrogen) atoms. The zero-order valence-corrected chi connectivity index (χ0v) is 14.2. The number of likely N-dealkylation sites (N-methyl/N-ethyl adjacent to an activating group) is 1. The summed E-state index contributed by atoms with van der Waals surface area (Å²) in [6.45, 7) is 9.30. The van der Waals surface area contributed by atoms with Crippen molar-refractivity contribution in [3.8, 4) is 0 Å². The number of hydrogen-bond donors (Lipinski definition) is 0. The molecule has 0 spiro atoms. The molecule has 2 rings (SSSR count). The Bertz CT molecular complexity index is 498. The van der Waals surface area contributed by atoms with E-state index >= 15 is 0 Å². The van der Waals surface area contributed by atoms with Crippen molar-refractivity contribution in [1.29, 1.82) is 0 Å². The van der Waals surface area contributed by atoms with Crippen molar-refractivity contribution >= 4 is 6.09 Å². The Kier molecular flexibility index (Phi) is 5.06. The summed E-state index contributed by atoms with van der Waals surface area (Å²) >= 11 is 0. The maximum atomic E-state index is 12.1. The minimum Gasteiger partial charge on any atom is -0.444 e. The van der Waals surface area contributed by atoms with Gasteiger partial charge in [0.15, 0.2) is 0 Å². The van der Waals surface area contributed by atoms with E-state index in [1.807, 2.05) is 45.2 Å². The first-order valence-corrected chi connectivity index (χ1v) is 7.89. The number of amides is 1. The van der Waals surface area contributed by atoms with E-state index in [1.54, 1.807) is 4.90 Å². The molecule has 1 aliphatic rings. The third-order valence-electron chi connectivity index (χ3n) is 4.12. The van der Waals surface area contributed by atoms with E-state index in [2.05, 4.69) is 23.9 Å². The molecule has 2 heterocycles. The Morgan fingerprint density at radius 1 is 1.45 bits per heavy atom. The van der Waals surface area contributed by atoms with Crippen LogP contribution in [-0.2, 0) is 4.74 Å². The van der Waals surface area contributed by atoms with Crippen molar-refractivity contribution in [2.45, 2.75) is 51.8 Å². The number of likely N-dealkylation sites (tertiary alicyclic amines) is 1. The lowest BCUT2D eigenvalue weighted by molar-refractivity contribution is 0.0278. The number of pyridine rings is 1. The molecule has 0 radical (unpaired) electrons. The lowest BCUT2D eigenvalue weighted by atomic mass is 10.1. The number of nitrogens with zero attached hydrogens (tertiary/aromatic N) is 3. The maximum Gasteiger partial charge on any atom is 0.410 e. The van der Waals surface area contributed by atoms with Crippen LogP contribution in [0.4, 0.5) is 4.79 Å². The number of hydrogen-bond acceptors (Lipinski definition) is 4. The summed E-state index contributed by atoms with van der Waals surface area (Å²) < 4.78 is 5.45. The molecule has 0 aromatic carbocycles. The number of carbonyl (C=O) groups is 1. The van der Waals surface area contributed by atoms with Gasteiger partial charge < -0.3 is 9.64 Å². The second-order valence-corrected chi connectivity index (χ2v) is 6.96. The molecule has 0 aliphatic carbocycles. The third-order valence-corrected chi connectivity index (χ3v) is 4.12. The lowest BCUT2D eigenvalue weighted by Crippen LogP contribution is -2.40. The van der Waals surface area contributed by atoms with Gasteiger partial charge in [0, 0.05) is 31.4 Å². The lowest BCUT2D eigenvalue weighted by Gasteiger charge is -2.30. The first-order chi connectivity index (χ1) is 10.3. The van der Waals surface area contributed by atoms with E-state index in [1.165, 1.54) is 0 Å². The average molecular weight is 305 g/mol. The van der Waals surface area contributed by atoms with Gasteiger partial charge in [-0.3, -0.25) is 9.88 Å². The van der Waals surface area contributed by atoms with Crippen molar-refractivity contribution < 1.29 is 9.53 Å². The van der Waals surface area contributed by atoms with Crippen LogP contribution in [0.5, 0.6) is 0 Å². The Morgan fingerprint density at radius 3 is 2.77 bits per heavy atom. The highest BCUT2D eigenvalue weighted by Crippen LogP contribution is 2.24. The summed E-state index contributed by atoms with van der Waals surface area (Å²) in [5.74, 6) is 0. The highest BCUT2D eigenvalue weighted by molar-refractivity contribution is 5.68. The van der Waals surface area contributed by atoms with Crippen LogP contribution < -0.4 is 0 Å². The smallest absolute Gasteiger partial charge is 0.410 e. The average Bonchev–Trinajstić information content (AvgIpc) is 2.95. The topological polar surface area (TPSA) is 45.7 Å². The molecule has 1 fully saturated rings. The van der Waals surface area contributed by atoms with Gasteiger partial charge in [0.25, 0.3) is 0 Å². The fourth-order valence-electron chi connectivity index (χ4n) is 2.71. The summed E-state index contributed by atoms with van der Waals surface area (Å²) in [4.78, 5) is 20.7. The van der Waals surface area contributed by atoms with Crippen LogP contribution in [0.1, 0.15) is 45.9 Å². The van der Waals surface area contributed by atoms with E-state index in [4.69, 9.17) is 4.74 Å². The first-order valence-electron chi connectivity index (χ1n) is 7.89. The van der Waals surface area contributed by atoms with Crippen molar-refractivity contribution in [3.05, 3.63) is 30.1 Å². The summed E-state index contributed by atoms with van der Waals surface area (Å²) in [6, 6.07) is 6.54. The zero-order valence-electron chi connectivity index (χ0n) is 14.2. The zero-order chi connectivity index (χ0) is 16.3. The number of aromatic nitrogens is 1. The molecule has 122 valence electrons. The van der Waals surface area contributed by atoms with Crippen LogP contribution in [0.2, 0.25) is 0 Å². The van der Waals surface area contributed by atoms with Gasteiger partial charge in [-0.05, 0) is 53.3 Å². The Balaban J connectivity index is 1.94. The molecule has 5 nitrogen and oxygen atoms in total. The van der Waals surface area contributed by atoms with Gasteiger partial charge >= 0.3 is 6.09 Å². The Hall–Kier alpha value is -1.62. The van der Waals surface area contributed by atoms with Crippen molar-refractivity contribution in [2.24, 2.45) is 0 Å². The second-order valence-electron chi connectivity index (χ2n) is 6.96. The number of ether oxygens (including phenoxy) is 1. The van der Waals surface area contributed by atoms with Crippen molar-refractivity contribution in [3.63, 3.8) is 0 Å². The van der Waals surface area contributed by atoms with Gasteiger partial charge in [-0.1, -0.05) is 6.07 Å². The van der Waals surface area contributed by atoms with Gasteiger partial charge in [0.05, 0.1) is 5.69 Å². The Labute approximate surface area is 133 Å². The summed E-state index contributed by atoms with van der Waals surface area (Å²) in [5, 5.41) is 0. The highest BCUT2D eigenvalue weighted by atomic mass is 16.6. The quantitative estimate of drug-likeness (QED) is 0.861. The summed E-state index contributed by atoms with van der Waals surface area (Å²) in [5.41, 5.74) is 0.614. The van der Waals surface area contributed by atoms with Gasteiger partial charge in [-0.25, -0.2) is 4.79 Å². The molecule has 1 saturated heterocycles.